The standard InChI is InChI=1S/C26H27NO4/c1-26(21-12-8-5-9-13-21)22-17-24(30-3)23(29-2)16-20(22)14-15-27(26)25(28)31-18-19-10-6-4-7-11-19/h4-13,16-17H,14-15,18H2,1-3H3. The number of rotatable bonds is 5. The van der Waals surface area contributed by atoms with Crippen molar-refractivity contribution in [2.45, 2.75) is 25.5 Å². The van der Waals surface area contributed by atoms with Crippen LogP contribution in [-0.2, 0) is 23.3 Å². The number of hydrogen-bond acceptors (Lipinski definition) is 4. The van der Waals surface area contributed by atoms with Crippen molar-refractivity contribution >= 4 is 6.09 Å². The normalized spacial score (nSPS) is 17.6. The van der Waals surface area contributed by atoms with E-state index in [2.05, 4.69) is 6.92 Å². The Bertz CT molecular complexity index is 1050. The zero-order valence-corrected chi connectivity index (χ0v) is 18.1. The van der Waals surface area contributed by atoms with E-state index in [1.807, 2.05) is 77.7 Å². The summed E-state index contributed by atoms with van der Waals surface area (Å²) >= 11 is 0. The number of ether oxygens (including phenoxy) is 3. The van der Waals surface area contributed by atoms with Crippen LogP contribution in [0.3, 0.4) is 0 Å². The lowest BCUT2D eigenvalue weighted by Crippen LogP contribution is -2.52. The number of carbonyl (C=O) groups is 1. The number of nitrogens with zero attached hydrogens (tertiary/aromatic N) is 1. The summed E-state index contributed by atoms with van der Waals surface area (Å²) in [4.78, 5) is 15.1. The molecule has 1 unspecified atom stereocenters. The highest BCUT2D eigenvalue weighted by molar-refractivity contribution is 5.72. The summed E-state index contributed by atoms with van der Waals surface area (Å²) in [6, 6.07) is 23.8. The molecule has 1 amide bonds. The highest BCUT2D eigenvalue weighted by Crippen LogP contribution is 2.45. The maximum Gasteiger partial charge on any atom is 0.411 e. The van der Waals surface area contributed by atoms with Crippen molar-refractivity contribution < 1.29 is 19.0 Å². The topological polar surface area (TPSA) is 48.0 Å². The van der Waals surface area contributed by atoms with Gasteiger partial charge in [0, 0.05) is 6.54 Å². The lowest BCUT2D eigenvalue weighted by atomic mass is 9.77. The molecule has 31 heavy (non-hydrogen) atoms. The fourth-order valence-electron chi connectivity index (χ4n) is 4.33. The van der Waals surface area contributed by atoms with Crippen LogP contribution in [0.4, 0.5) is 4.79 Å². The van der Waals surface area contributed by atoms with Gasteiger partial charge in [0.25, 0.3) is 0 Å². The molecule has 1 heterocycles. The van der Waals surface area contributed by atoms with E-state index in [-0.39, 0.29) is 12.7 Å². The van der Waals surface area contributed by atoms with E-state index in [1.54, 1.807) is 14.2 Å². The van der Waals surface area contributed by atoms with E-state index in [0.717, 1.165) is 22.3 Å². The number of methoxy groups -OCH3 is 2. The van der Waals surface area contributed by atoms with Crippen molar-refractivity contribution in [2.75, 3.05) is 20.8 Å². The monoisotopic (exact) mass is 417 g/mol. The summed E-state index contributed by atoms with van der Waals surface area (Å²) in [5.74, 6) is 1.33. The molecule has 0 fully saturated rings. The van der Waals surface area contributed by atoms with E-state index in [0.29, 0.717) is 24.5 Å². The van der Waals surface area contributed by atoms with Crippen LogP contribution in [0.5, 0.6) is 11.5 Å². The van der Waals surface area contributed by atoms with Gasteiger partial charge in [-0.25, -0.2) is 4.79 Å². The van der Waals surface area contributed by atoms with E-state index in [4.69, 9.17) is 14.2 Å². The van der Waals surface area contributed by atoms with Gasteiger partial charge in [-0.1, -0.05) is 60.7 Å². The molecule has 0 bridgehead atoms. The van der Waals surface area contributed by atoms with Crippen molar-refractivity contribution in [3.8, 4) is 11.5 Å². The molecule has 3 aromatic carbocycles. The van der Waals surface area contributed by atoms with Crippen molar-refractivity contribution in [2.24, 2.45) is 0 Å². The van der Waals surface area contributed by atoms with Gasteiger partial charge in [-0.15, -0.1) is 0 Å². The molecule has 160 valence electrons. The highest BCUT2D eigenvalue weighted by atomic mass is 16.6. The van der Waals surface area contributed by atoms with Gasteiger partial charge in [-0.2, -0.15) is 0 Å². The Morgan fingerprint density at radius 2 is 1.55 bits per heavy atom. The molecule has 0 saturated carbocycles. The number of carbonyl (C=O) groups excluding carboxylic acids is 1. The maximum atomic E-state index is 13.3. The summed E-state index contributed by atoms with van der Waals surface area (Å²) in [7, 11) is 3.26. The van der Waals surface area contributed by atoms with E-state index in [1.165, 1.54) is 0 Å². The van der Waals surface area contributed by atoms with Crippen molar-refractivity contribution in [1.29, 1.82) is 0 Å². The van der Waals surface area contributed by atoms with Crippen molar-refractivity contribution in [3.63, 3.8) is 0 Å². The van der Waals surface area contributed by atoms with Gasteiger partial charge in [-0.3, -0.25) is 4.90 Å². The van der Waals surface area contributed by atoms with Crippen LogP contribution in [0.15, 0.2) is 72.8 Å². The van der Waals surface area contributed by atoms with Crippen molar-refractivity contribution in [3.05, 3.63) is 95.1 Å². The second-order valence-corrected chi connectivity index (χ2v) is 7.74. The van der Waals surface area contributed by atoms with Gasteiger partial charge in [0.2, 0.25) is 0 Å². The zero-order valence-electron chi connectivity index (χ0n) is 18.1. The third-order valence-corrected chi connectivity index (χ3v) is 6.04. The molecule has 5 nitrogen and oxygen atoms in total. The van der Waals surface area contributed by atoms with Crippen LogP contribution in [0.25, 0.3) is 0 Å². The summed E-state index contributed by atoms with van der Waals surface area (Å²) in [5.41, 5.74) is 3.42. The third-order valence-electron chi connectivity index (χ3n) is 6.04. The Morgan fingerprint density at radius 1 is 0.935 bits per heavy atom. The van der Waals surface area contributed by atoms with Gasteiger partial charge in [0.05, 0.1) is 19.8 Å². The summed E-state index contributed by atoms with van der Waals surface area (Å²) in [6.45, 7) is 2.84. The largest absolute Gasteiger partial charge is 0.493 e. The van der Waals surface area contributed by atoms with Crippen LogP contribution in [0, 0.1) is 0 Å². The Labute approximate surface area is 183 Å². The first-order chi connectivity index (χ1) is 15.1. The fraction of sp³-hybridized carbons (Fsp3) is 0.269. The molecule has 0 N–H and O–H groups in total. The first-order valence-corrected chi connectivity index (χ1v) is 10.4. The molecular formula is C26H27NO4. The third kappa shape index (κ3) is 3.83. The molecule has 0 spiro atoms. The molecule has 0 aromatic heterocycles. The van der Waals surface area contributed by atoms with Crippen LogP contribution in [0.1, 0.15) is 29.2 Å². The Morgan fingerprint density at radius 3 is 2.19 bits per heavy atom. The minimum atomic E-state index is -0.706. The van der Waals surface area contributed by atoms with E-state index < -0.39 is 5.54 Å². The van der Waals surface area contributed by atoms with Crippen LogP contribution in [-0.4, -0.2) is 31.8 Å². The molecule has 0 radical (unpaired) electrons. The molecule has 5 heteroatoms. The Balaban J connectivity index is 1.75. The zero-order chi connectivity index (χ0) is 21.8. The second kappa shape index (κ2) is 8.72. The SMILES string of the molecule is COc1cc2c(cc1OC)C(C)(c1ccccc1)N(C(=O)OCc1ccccc1)CC2. The number of hydrogen-bond donors (Lipinski definition) is 0. The highest BCUT2D eigenvalue weighted by Gasteiger charge is 2.44. The summed E-state index contributed by atoms with van der Waals surface area (Å²) < 4.78 is 16.8. The lowest BCUT2D eigenvalue weighted by molar-refractivity contribution is 0.0584. The number of amides is 1. The summed E-state index contributed by atoms with van der Waals surface area (Å²) in [6.07, 6.45) is 0.370. The molecular weight excluding hydrogens is 390 g/mol. The smallest absolute Gasteiger partial charge is 0.411 e. The molecule has 3 aromatic rings. The molecule has 1 aliphatic rings. The Kier molecular flexibility index (Phi) is 5.85. The predicted molar refractivity (Wildman–Crippen MR) is 119 cm³/mol. The molecule has 1 atom stereocenters. The van der Waals surface area contributed by atoms with Gasteiger partial charge in [-0.05, 0) is 47.7 Å². The Hall–Kier alpha value is -3.47. The second-order valence-electron chi connectivity index (χ2n) is 7.74. The summed E-state index contributed by atoms with van der Waals surface area (Å²) in [5, 5.41) is 0. The van der Waals surface area contributed by atoms with Gasteiger partial charge >= 0.3 is 6.09 Å². The van der Waals surface area contributed by atoms with E-state index in [9.17, 15) is 4.79 Å². The van der Waals surface area contributed by atoms with E-state index >= 15 is 0 Å². The van der Waals surface area contributed by atoms with Gasteiger partial charge < -0.3 is 14.2 Å². The minimum absolute atomic E-state index is 0.236. The lowest BCUT2D eigenvalue weighted by Gasteiger charge is -2.46. The van der Waals surface area contributed by atoms with Crippen molar-refractivity contribution in [1.82, 2.24) is 4.90 Å². The number of benzene rings is 3. The van der Waals surface area contributed by atoms with Gasteiger partial charge in [0.1, 0.15) is 6.61 Å². The molecule has 1 aliphatic heterocycles. The molecule has 0 aliphatic carbocycles. The van der Waals surface area contributed by atoms with Crippen LogP contribution < -0.4 is 9.47 Å². The predicted octanol–water partition coefficient (Wildman–Crippen LogP) is 5.16. The van der Waals surface area contributed by atoms with Crippen LogP contribution in [0.2, 0.25) is 0 Å². The fourth-order valence-corrected chi connectivity index (χ4v) is 4.33. The maximum absolute atomic E-state index is 13.3. The first-order valence-electron chi connectivity index (χ1n) is 10.4. The van der Waals surface area contributed by atoms with Gasteiger partial charge in [0.15, 0.2) is 11.5 Å². The quantitative estimate of drug-likeness (QED) is 0.575. The first kappa shape index (κ1) is 20.8. The molecule has 0 saturated heterocycles. The molecule has 4 rings (SSSR count). The minimum Gasteiger partial charge on any atom is -0.493 e. The number of fused-ring (bicyclic) bond motifs is 1. The van der Waals surface area contributed by atoms with Crippen LogP contribution >= 0.6 is 0 Å². The average molecular weight is 418 g/mol. The average Bonchev–Trinajstić information content (AvgIpc) is 2.83.